The van der Waals surface area contributed by atoms with Gasteiger partial charge in [-0.1, -0.05) is 35.9 Å². The van der Waals surface area contributed by atoms with Gasteiger partial charge in [0.05, 0.1) is 0 Å². The van der Waals surface area contributed by atoms with Crippen molar-refractivity contribution in [2.45, 2.75) is 0 Å². The summed E-state index contributed by atoms with van der Waals surface area (Å²) in [7, 11) is 0. The molecule has 1 aromatic carbocycles. The molecule has 1 N–H and O–H groups in total. The van der Waals surface area contributed by atoms with E-state index in [0.29, 0.717) is 11.1 Å². The maximum Gasteiger partial charge on any atom is 0.234 e. The number of hydrogen-bond donors (Lipinski definition) is 1. The molecule has 5 heteroatoms. The molecule has 17 heavy (non-hydrogen) atoms. The van der Waals surface area contributed by atoms with Crippen LogP contribution >= 0.6 is 11.6 Å². The fourth-order valence-electron chi connectivity index (χ4n) is 1.63. The van der Waals surface area contributed by atoms with Crippen LogP contribution in [0, 0.1) is 0 Å². The number of para-hydroxylation sites is 1. The van der Waals surface area contributed by atoms with E-state index in [1.54, 1.807) is 10.5 Å². The van der Waals surface area contributed by atoms with E-state index in [-0.39, 0.29) is 0 Å². The average Bonchev–Trinajstić information content (AvgIpc) is 2.75. The van der Waals surface area contributed by atoms with E-state index < -0.39 is 0 Å². The summed E-state index contributed by atoms with van der Waals surface area (Å²) in [6.07, 6.45) is 0. The first-order valence-electron chi connectivity index (χ1n) is 5.16. The second-order valence-electron chi connectivity index (χ2n) is 3.56. The first-order valence-corrected chi connectivity index (χ1v) is 5.54. The number of anilines is 2. The minimum atomic E-state index is 0.575. The van der Waals surface area contributed by atoms with Crippen LogP contribution in [0.1, 0.15) is 0 Å². The summed E-state index contributed by atoms with van der Waals surface area (Å²) in [4.78, 5) is 0. The van der Waals surface area contributed by atoms with Crippen LogP contribution in [0.2, 0.25) is 5.15 Å². The molecule has 3 rings (SSSR count). The van der Waals surface area contributed by atoms with Crippen LogP contribution in [0.25, 0.3) is 5.65 Å². The summed E-state index contributed by atoms with van der Waals surface area (Å²) < 4.78 is 1.76. The normalized spacial score (nSPS) is 10.6. The molecule has 0 saturated heterocycles. The maximum absolute atomic E-state index is 6.11. The Morgan fingerprint density at radius 3 is 2.59 bits per heavy atom. The van der Waals surface area contributed by atoms with Crippen molar-refractivity contribution in [1.29, 1.82) is 0 Å². The highest BCUT2D eigenvalue weighted by molar-refractivity contribution is 6.29. The zero-order chi connectivity index (χ0) is 11.7. The zero-order valence-corrected chi connectivity index (χ0v) is 9.59. The number of nitrogens with zero attached hydrogens (tertiary/aromatic N) is 3. The number of hydrogen-bond acceptors (Lipinski definition) is 3. The van der Waals surface area contributed by atoms with E-state index in [1.165, 1.54) is 0 Å². The molecule has 0 atom stereocenters. The zero-order valence-electron chi connectivity index (χ0n) is 8.84. The molecule has 0 bridgehead atoms. The van der Waals surface area contributed by atoms with Crippen molar-refractivity contribution in [2.24, 2.45) is 0 Å². The van der Waals surface area contributed by atoms with Gasteiger partial charge in [0.15, 0.2) is 5.65 Å². The maximum atomic E-state index is 6.11. The molecule has 3 aromatic rings. The van der Waals surface area contributed by atoms with Gasteiger partial charge in [-0.3, -0.25) is 4.40 Å². The van der Waals surface area contributed by atoms with Crippen molar-refractivity contribution < 1.29 is 0 Å². The molecule has 4 nitrogen and oxygen atoms in total. The monoisotopic (exact) mass is 244 g/mol. The summed E-state index contributed by atoms with van der Waals surface area (Å²) in [6, 6.07) is 15.3. The molecule has 0 spiro atoms. The lowest BCUT2D eigenvalue weighted by Crippen LogP contribution is -1.97. The topological polar surface area (TPSA) is 42.2 Å². The second kappa shape index (κ2) is 4.07. The lowest BCUT2D eigenvalue weighted by atomic mass is 10.3. The number of fused-ring (bicyclic) bond motifs is 1. The molecular formula is C12H9ClN4. The van der Waals surface area contributed by atoms with E-state index in [2.05, 4.69) is 15.5 Å². The number of rotatable bonds is 2. The fourth-order valence-corrected chi connectivity index (χ4v) is 1.87. The first kappa shape index (κ1) is 10.1. The van der Waals surface area contributed by atoms with Crippen LogP contribution in [0.3, 0.4) is 0 Å². The molecule has 0 unspecified atom stereocenters. The number of benzene rings is 1. The van der Waals surface area contributed by atoms with Gasteiger partial charge in [-0.25, -0.2) is 0 Å². The van der Waals surface area contributed by atoms with Gasteiger partial charge in [-0.05, 0) is 24.3 Å². The molecule has 0 aliphatic carbocycles. The highest BCUT2D eigenvalue weighted by atomic mass is 35.5. The van der Waals surface area contributed by atoms with Crippen molar-refractivity contribution >= 4 is 28.9 Å². The minimum Gasteiger partial charge on any atom is -0.324 e. The van der Waals surface area contributed by atoms with Gasteiger partial charge >= 0.3 is 0 Å². The van der Waals surface area contributed by atoms with Gasteiger partial charge in [0, 0.05) is 5.69 Å². The predicted molar refractivity (Wildman–Crippen MR) is 67.7 cm³/mol. The van der Waals surface area contributed by atoms with Gasteiger partial charge in [-0.2, -0.15) is 0 Å². The Labute approximate surface area is 103 Å². The quantitative estimate of drug-likeness (QED) is 0.705. The van der Waals surface area contributed by atoms with Crippen LogP contribution in [-0.4, -0.2) is 14.6 Å². The van der Waals surface area contributed by atoms with Gasteiger partial charge in [-0.15, -0.1) is 10.2 Å². The third-order valence-corrected chi connectivity index (χ3v) is 2.71. The van der Waals surface area contributed by atoms with Gasteiger partial charge in [0.2, 0.25) is 5.95 Å². The van der Waals surface area contributed by atoms with Crippen LogP contribution in [0.4, 0.5) is 11.6 Å². The summed E-state index contributed by atoms with van der Waals surface area (Å²) in [5, 5.41) is 11.9. The third-order valence-electron chi connectivity index (χ3n) is 2.41. The Hall–Kier alpha value is -2.07. The van der Waals surface area contributed by atoms with Gasteiger partial charge in [0.25, 0.3) is 0 Å². The molecule has 0 fully saturated rings. The first-order chi connectivity index (χ1) is 8.34. The van der Waals surface area contributed by atoms with Crippen molar-refractivity contribution in [3.05, 3.63) is 53.7 Å². The highest BCUT2D eigenvalue weighted by Crippen LogP contribution is 2.19. The molecule has 2 heterocycles. The van der Waals surface area contributed by atoms with Crippen LogP contribution in [0.5, 0.6) is 0 Å². The van der Waals surface area contributed by atoms with Crippen molar-refractivity contribution in [3.8, 4) is 0 Å². The number of halogens is 1. The van der Waals surface area contributed by atoms with Gasteiger partial charge in [0.1, 0.15) is 5.15 Å². The van der Waals surface area contributed by atoms with Crippen LogP contribution in [-0.2, 0) is 0 Å². The average molecular weight is 245 g/mol. The molecule has 0 aliphatic heterocycles. The summed E-state index contributed by atoms with van der Waals surface area (Å²) in [5.74, 6) is 0.608. The van der Waals surface area contributed by atoms with Crippen molar-refractivity contribution in [1.82, 2.24) is 14.6 Å². The summed E-state index contributed by atoms with van der Waals surface area (Å²) in [6.45, 7) is 0. The Bertz CT molecular complexity index is 648. The van der Waals surface area contributed by atoms with Crippen LogP contribution in [0.15, 0.2) is 48.5 Å². The van der Waals surface area contributed by atoms with Crippen LogP contribution < -0.4 is 5.32 Å². The summed E-state index contributed by atoms with van der Waals surface area (Å²) in [5.41, 5.74) is 1.66. The number of nitrogens with one attached hydrogen (secondary N) is 1. The SMILES string of the molecule is Clc1cccc2nnc(Nc3ccccc3)n12. The highest BCUT2D eigenvalue weighted by Gasteiger charge is 2.07. The molecule has 0 amide bonds. The number of pyridine rings is 1. The number of aromatic nitrogens is 3. The van der Waals surface area contributed by atoms with E-state index in [1.807, 2.05) is 42.5 Å². The van der Waals surface area contributed by atoms with Gasteiger partial charge < -0.3 is 5.32 Å². The third kappa shape index (κ3) is 1.83. The summed E-state index contributed by atoms with van der Waals surface area (Å²) >= 11 is 6.11. The largest absolute Gasteiger partial charge is 0.324 e. The van der Waals surface area contributed by atoms with E-state index >= 15 is 0 Å². The minimum absolute atomic E-state index is 0.575. The molecule has 0 aliphatic rings. The second-order valence-corrected chi connectivity index (χ2v) is 3.94. The molecule has 2 aromatic heterocycles. The molecule has 0 radical (unpaired) electrons. The lowest BCUT2D eigenvalue weighted by Gasteiger charge is -2.04. The Morgan fingerprint density at radius 2 is 1.76 bits per heavy atom. The predicted octanol–water partition coefficient (Wildman–Crippen LogP) is 3.13. The Balaban J connectivity index is 2.07. The molecule has 84 valence electrons. The Morgan fingerprint density at radius 1 is 0.941 bits per heavy atom. The smallest absolute Gasteiger partial charge is 0.234 e. The molecular weight excluding hydrogens is 236 g/mol. The van der Waals surface area contributed by atoms with E-state index in [4.69, 9.17) is 11.6 Å². The van der Waals surface area contributed by atoms with Crippen molar-refractivity contribution in [2.75, 3.05) is 5.32 Å². The standard InChI is InChI=1S/C12H9ClN4/c13-10-7-4-8-11-15-16-12(17(10)11)14-9-5-2-1-3-6-9/h1-8H,(H,14,16). The van der Waals surface area contributed by atoms with E-state index in [0.717, 1.165) is 11.3 Å². The lowest BCUT2D eigenvalue weighted by molar-refractivity contribution is 1.11. The fraction of sp³-hybridized carbons (Fsp3) is 0. The van der Waals surface area contributed by atoms with E-state index in [9.17, 15) is 0 Å². The Kier molecular flexibility index (Phi) is 2.42. The molecule has 0 saturated carbocycles. The van der Waals surface area contributed by atoms with Crippen molar-refractivity contribution in [3.63, 3.8) is 0 Å².